The summed E-state index contributed by atoms with van der Waals surface area (Å²) in [5.74, 6) is 0.559. The van der Waals surface area contributed by atoms with Crippen LogP contribution in [0.4, 0.5) is 16.2 Å². The van der Waals surface area contributed by atoms with Crippen molar-refractivity contribution in [3.8, 4) is 0 Å². The largest absolute Gasteiger partial charge is 0.465 e. The number of likely N-dealkylation sites (tertiary alicyclic amines) is 1. The number of rotatable bonds is 4. The number of carbonyl (C=O) groups is 1. The van der Waals surface area contributed by atoms with Crippen LogP contribution in [-0.4, -0.2) is 40.7 Å². The Hall–Kier alpha value is -2.50. The predicted molar refractivity (Wildman–Crippen MR) is 96.3 cm³/mol. The Labute approximate surface area is 141 Å². The topological polar surface area (TPSA) is 91.5 Å². The Morgan fingerprint density at radius 1 is 1.38 bits per heavy atom. The molecule has 4 N–H and O–H groups in total. The number of piperidine rings is 1. The number of carboxylic acid groups (broad SMARTS) is 1. The molecular weight excluding hydrogens is 304 g/mol. The molecule has 1 aliphatic heterocycles. The molecule has 6 nitrogen and oxygen atoms in total. The van der Waals surface area contributed by atoms with Crippen LogP contribution in [0.5, 0.6) is 0 Å². The number of amides is 1. The zero-order chi connectivity index (χ0) is 17.1. The highest BCUT2D eigenvalue weighted by Crippen LogP contribution is 2.30. The third-order valence-electron chi connectivity index (χ3n) is 4.86. The van der Waals surface area contributed by atoms with Crippen LogP contribution in [-0.2, 0) is 0 Å². The fourth-order valence-corrected chi connectivity index (χ4v) is 3.35. The van der Waals surface area contributed by atoms with Crippen LogP contribution in [0.25, 0.3) is 10.9 Å². The second-order valence-electron chi connectivity index (χ2n) is 6.43. The Morgan fingerprint density at radius 3 is 2.79 bits per heavy atom. The van der Waals surface area contributed by atoms with Gasteiger partial charge >= 0.3 is 6.09 Å². The smallest absolute Gasteiger partial charge is 0.407 e. The molecule has 0 radical (unpaired) electrons. The third kappa shape index (κ3) is 3.37. The normalized spacial score (nSPS) is 15.6. The molecule has 2 aromatic rings. The van der Waals surface area contributed by atoms with Crippen LogP contribution in [0.3, 0.4) is 0 Å². The van der Waals surface area contributed by atoms with Crippen LogP contribution in [0.15, 0.2) is 24.3 Å². The predicted octanol–water partition coefficient (Wildman–Crippen LogP) is 3.32. The van der Waals surface area contributed by atoms with E-state index in [1.807, 2.05) is 31.2 Å². The van der Waals surface area contributed by atoms with E-state index in [9.17, 15) is 4.79 Å². The summed E-state index contributed by atoms with van der Waals surface area (Å²) in [6, 6.07) is 8.00. The minimum atomic E-state index is -0.807. The van der Waals surface area contributed by atoms with Crippen molar-refractivity contribution in [1.29, 1.82) is 0 Å². The van der Waals surface area contributed by atoms with Crippen LogP contribution in [0, 0.1) is 12.8 Å². The Morgan fingerprint density at radius 2 is 2.08 bits per heavy atom. The van der Waals surface area contributed by atoms with E-state index in [-0.39, 0.29) is 0 Å². The Balaban J connectivity index is 1.62. The van der Waals surface area contributed by atoms with E-state index in [1.165, 1.54) is 4.90 Å². The third-order valence-corrected chi connectivity index (χ3v) is 4.86. The molecule has 2 heterocycles. The highest BCUT2D eigenvalue weighted by atomic mass is 16.4. The van der Waals surface area contributed by atoms with E-state index >= 15 is 0 Å². The molecule has 1 aliphatic rings. The number of nitrogen functional groups attached to an aromatic ring is 1. The lowest BCUT2D eigenvalue weighted by Gasteiger charge is -2.30. The maximum Gasteiger partial charge on any atom is 0.407 e. The van der Waals surface area contributed by atoms with Crippen molar-refractivity contribution in [3.05, 3.63) is 30.0 Å². The number of nitrogens with two attached hydrogens (primary N) is 1. The number of nitrogens with zero attached hydrogens (tertiary/aromatic N) is 2. The molecule has 3 rings (SSSR count). The number of hydrogen-bond acceptors (Lipinski definition) is 4. The quantitative estimate of drug-likeness (QED) is 0.801. The second-order valence-corrected chi connectivity index (χ2v) is 6.43. The summed E-state index contributed by atoms with van der Waals surface area (Å²) in [4.78, 5) is 17.0. The number of hydrogen-bond donors (Lipinski definition) is 3. The summed E-state index contributed by atoms with van der Waals surface area (Å²) in [6.07, 6.45) is 2.07. The molecule has 0 aliphatic carbocycles. The molecule has 0 unspecified atom stereocenters. The van der Waals surface area contributed by atoms with Gasteiger partial charge in [-0.3, -0.25) is 4.98 Å². The molecule has 128 valence electrons. The summed E-state index contributed by atoms with van der Waals surface area (Å²) in [6.45, 7) is 4.03. The zero-order valence-electron chi connectivity index (χ0n) is 14.0. The monoisotopic (exact) mass is 328 g/mol. The van der Waals surface area contributed by atoms with Crippen LogP contribution in [0.1, 0.15) is 25.0 Å². The average Bonchev–Trinajstić information content (AvgIpc) is 2.58. The minimum Gasteiger partial charge on any atom is -0.465 e. The van der Waals surface area contributed by atoms with Gasteiger partial charge in [-0.15, -0.1) is 0 Å². The lowest BCUT2D eigenvalue weighted by atomic mass is 9.93. The molecule has 1 saturated heterocycles. The van der Waals surface area contributed by atoms with Crippen LogP contribution < -0.4 is 11.1 Å². The van der Waals surface area contributed by atoms with Gasteiger partial charge in [0.2, 0.25) is 0 Å². The van der Waals surface area contributed by atoms with Crippen molar-refractivity contribution in [2.45, 2.75) is 26.2 Å². The highest BCUT2D eigenvalue weighted by Gasteiger charge is 2.22. The average molecular weight is 328 g/mol. The fraction of sp³-hybridized carbons (Fsp3) is 0.444. The summed E-state index contributed by atoms with van der Waals surface area (Å²) < 4.78 is 0. The molecule has 0 spiro atoms. The number of anilines is 2. The maximum absolute atomic E-state index is 10.9. The Bertz CT molecular complexity index is 739. The minimum absolute atomic E-state index is 0.559. The van der Waals surface area contributed by atoms with Gasteiger partial charge < -0.3 is 21.1 Å². The molecule has 24 heavy (non-hydrogen) atoms. The molecule has 6 heteroatoms. The van der Waals surface area contributed by atoms with E-state index in [4.69, 9.17) is 10.8 Å². The lowest BCUT2D eigenvalue weighted by molar-refractivity contribution is 0.123. The van der Waals surface area contributed by atoms with E-state index < -0.39 is 6.09 Å². The first-order valence-electron chi connectivity index (χ1n) is 8.43. The summed E-state index contributed by atoms with van der Waals surface area (Å²) in [5, 5.41) is 13.5. The van der Waals surface area contributed by atoms with E-state index in [2.05, 4.69) is 10.3 Å². The highest BCUT2D eigenvalue weighted by molar-refractivity contribution is 5.97. The Kier molecular flexibility index (Phi) is 4.74. The van der Waals surface area contributed by atoms with Crippen molar-refractivity contribution in [2.24, 2.45) is 5.92 Å². The number of nitrogens with one attached hydrogen (secondary N) is 1. The van der Waals surface area contributed by atoms with Gasteiger partial charge in [-0.2, -0.15) is 0 Å². The van der Waals surface area contributed by atoms with E-state index in [1.54, 1.807) is 0 Å². The van der Waals surface area contributed by atoms with Crippen LogP contribution >= 0.6 is 0 Å². The van der Waals surface area contributed by atoms with Gasteiger partial charge in [-0.25, -0.2) is 4.79 Å². The molecule has 0 saturated carbocycles. The van der Waals surface area contributed by atoms with E-state index in [0.717, 1.165) is 48.1 Å². The molecule has 1 fully saturated rings. The van der Waals surface area contributed by atoms with Gasteiger partial charge in [0.15, 0.2) is 0 Å². The fourth-order valence-electron chi connectivity index (χ4n) is 3.35. The SMILES string of the molecule is Cc1nc2ccccc2c(NCCC2CCN(C(=O)O)CC2)c1N. The molecule has 0 bridgehead atoms. The second kappa shape index (κ2) is 6.95. The van der Waals surface area contributed by atoms with Gasteiger partial charge in [0.25, 0.3) is 0 Å². The maximum atomic E-state index is 10.9. The molecule has 1 aromatic carbocycles. The number of benzene rings is 1. The van der Waals surface area contributed by atoms with E-state index in [0.29, 0.717) is 24.7 Å². The zero-order valence-corrected chi connectivity index (χ0v) is 14.0. The van der Waals surface area contributed by atoms with Crippen molar-refractivity contribution in [2.75, 3.05) is 30.7 Å². The summed E-state index contributed by atoms with van der Waals surface area (Å²) in [5.41, 5.74) is 9.67. The summed E-state index contributed by atoms with van der Waals surface area (Å²) >= 11 is 0. The molecule has 1 aromatic heterocycles. The standard InChI is InChI=1S/C18H24N4O2/c1-12-16(19)17(14-4-2-3-5-15(14)21-12)20-9-6-13-7-10-22(11-8-13)18(23)24/h2-5,13H,6-11,19H2,1H3,(H,20,21)(H,23,24). The van der Waals surface area contributed by atoms with Crippen LogP contribution in [0.2, 0.25) is 0 Å². The van der Waals surface area contributed by atoms with Crippen molar-refractivity contribution in [3.63, 3.8) is 0 Å². The molecule has 1 amide bonds. The first-order chi connectivity index (χ1) is 11.6. The van der Waals surface area contributed by atoms with Crippen molar-refractivity contribution in [1.82, 2.24) is 9.88 Å². The number of fused-ring (bicyclic) bond motifs is 1. The number of pyridine rings is 1. The van der Waals surface area contributed by atoms with Gasteiger partial charge in [0.1, 0.15) is 0 Å². The van der Waals surface area contributed by atoms with Gasteiger partial charge in [0.05, 0.1) is 22.6 Å². The number of aromatic nitrogens is 1. The van der Waals surface area contributed by atoms with Gasteiger partial charge in [0, 0.05) is 25.0 Å². The first-order valence-corrected chi connectivity index (χ1v) is 8.43. The van der Waals surface area contributed by atoms with Gasteiger partial charge in [-0.05, 0) is 38.2 Å². The molecular formula is C18H24N4O2. The number of para-hydroxylation sites is 1. The van der Waals surface area contributed by atoms with Crippen molar-refractivity contribution < 1.29 is 9.90 Å². The van der Waals surface area contributed by atoms with Gasteiger partial charge in [-0.1, -0.05) is 18.2 Å². The molecule has 0 atom stereocenters. The lowest BCUT2D eigenvalue weighted by Crippen LogP contribution is -2.37. The summed E-state index contributed by atoms with van der Waals surface area (Å²) in [7, 11) is 0. The van der Waals surface area contributed by atoms with Crippen molar-refractivity contribution >= 4 is 28.4 Å². The number of aryl methyl sites for hydroxylation is 1. The first kappa shape index (κ1) is 16.4.